The van der Waals surface area contributed by atoms with E-state index in [2.05, 4.69) is 0 Å². The number of benzene rings is 1. The van der Waals surface area contributed by atoms with Gasteiger partial charge in [-0.2, -0.15) is 0 Å². The number of carbonyl (C=O) groups excluding carboxylic acids is 2. The minimum Gasteiger partial charge on any atom is -0.469 e. The average molecular weight is 434 g/mol. The number of rotatable bonds is 7. The van der Waals surface area contributed by atoms with Gasteiger partial charge in [0, 0.05) is 0 Å². The summed E-state index contributed by atoms with van der Waals surface area (Å²) in [5.41, 5.74) is 1.79. The van der Waals surface area contributed by atoms with E-state index in [-0.39, 0.29) is 25.6 Å². The maximum atomic E-state index is 12.0. The van der Waals surface area contributed by atoms with Crippen molar-refractivity contribution < 1.29 is 33.1 Å². The Morgan fingerprint density at radius 1 is 1.00 bits per heavy atom. The zero-order valence-electron chi connectivity index (χ0n) is 20.2. The van der Waals surface area contributed by atoms with E-state index in [9.17, 15) is 9.59 Å². The van der Waals surface area contributed by atoms with Crippen molar-refractivity contribution in [2.24, 2.45) is 0 Å². The van der Waals surface area contributed by atoms with Crippen LogP contribution in [0.3, 0.4) is 0 Å². The first-order chi connectivity index (χ1) is 14.1. The Labute approximate surface area is 185 Å². The van der Waals surface area contributed by atoms with Crippen molar-refractivity contribution in [2.75, 3.05) is 13.7 Å². The molecule has 0 radical (unpaired) electrons. The summed E-state index contributed by atoms with van der Waals surface area (Å²) in [6, 6.07) is 3.85. The number of hydrogen-bond acceptors (Lipinski definition) is 7. The molecular weight excluding hydrogens is 399 g/mol. The molecule has 1 aliphatic heterocycles. The molecule has 0 spiro atoms. The van der Waals surface area contributed by atoms with Crippen molar-refractivity contribution >= 4 is 24.5 Å². The van der Waals surface area contributed by atoms with Crippen molar-refractivity contribution in [3.63, 3.8) is 0 Å². The van der Waals surface area contributed by atoms with E-state index in [0.29, 0.717) is 0 Å². The van der Waals surface area contributed by atoms with Gasteiger partial charge in [0.25, 0.3) is 0 Å². The van der Waals surface area contributed by atoms with Gasteiger partial charge in [0.05, 0.1) is 31.3 Å². The summed E-state index contributed by atoms with van der Waals surface area (Å²) in [6.07, 6.45) is 0.120. The van der Waals surface area contributed by atoms with Crippen LogP contribution in [0.1, 0.15) is 65.2 Å². The van der Waals surface area contributed by atoms with Gasteiger partial charge in [-0.3, -0.25) is 4.79 Å². The highest BCUT2D eigenvalue weighted by molar-refractivity contribution is 6.62. The molecule has 8 heteroatoms. The monoisotopic (exact) mass is 434 g/mol. The molecule has 0 N–H and O–H groups in total. The fourth-order valence-electron chi connectivity index (χ4n) is 3.16. The first-order valence-electron chi connectivity index (χ1n) is 10.5. The van der Waals surface area contributed by atoms with E-state index in [1.807, 2.05) is 67.5 Å². The number of esters is 2. The van der Waals surface area contributed by atoms with Crippen molar-refractivity contribution in [1.29, 1.82) is 0 Å². The van der Waals surface area contributed by atoms with Crippen molar-refractivity contribution in [2.45, 2.75) is 85.2 Å². The average Bonchev–Trinajstić information content (AvgIpc) is 2.83. The van der Waals surface area contributed by atoms with E-state index >= 15 is 0 Å². The number of carbonyl (C=O) groups is 2. The highest BCUT2D eigenvalue weighted by Crippen LogP contribution is 2.36. The van der Waals surface area contributed by atoms with E-state index < -0.39 is 29.9 Å². The zero-order valence-corrected chi connectivity index (χ0v) is 20.2. The van der Waals surface area contributed by atoms with E-state index in [4.69, 9.17) is 23.5 Å². The minimum absolute atomic E-state index is 0.120. The lowest BCUT2D eigenvalue weighted by Crippen LogP contribution is -2.41. The van der Waals surface area contributed by atoms with Crippen molar-refractivity contribution in [3.05, 3.63) is 28.8 Å². The Kier molecular flexibility index (Phi) is 7.61. The third-order valence-electron chi connectivity index (χ3n) is 5.63. The van der Waals surface area contributed by atoms with Crippen molar-refractivity contribution in [3.8, 4) is 0 Å². The summed E-state index contributed by atoms with van der Waals surface area (Å²) in [7, 11) is 0.784. The summed E-state index contributed by atoms with van der Waals surface area (Å²) < 4.78 is 28.1. The van der Waals surface area contributed by atoms with Crippen LogP contribution in [0.2, 0.25) is 0 Å². The molecule has 0 aromatic heterocycles. The molecule has 0 saturated carbocycles. The zero-order chi connectivity index (χ0) is 23.6. The molecule has 0 unspecified atom stereocenters. The Morgan fingerprint density at radius 3 is 2.06 bits per heavy atom. The van der Waals surface area contributed by atoms with Gasteiger partial charge >= 0.3 is 19.1 Å². The number of methoxy groups -OCH3 is 1. The molecule has 0 bridgehead atoms. The third-order valence-corrected chi connectivity index (χ3v) is 5.63. The summed E-state index contributed by atoms with van der Waals surface area (Å²) in [4.78, 5) is 23.9. The lowest BCUT2D eigenvalue weighted by molar-refractivity contribution is -0.160. The van der Waals surface area contributed by atoms with Crippen LogP contribution in [0.15, 0.2) is 12.1 Å². The largest absolute Gasteiger partial charge is 0.494 e. The van der Waals surface area contributed by atoms with Crippen LogP contribution in [0, 0.1) is 6.92 Å². The lowest BCUT2D eigenvalue weighted by atomic mass is 9.76. The first kappa shape index (κ1) is 25.4. The van der Waals surface area contributed by atoms with Crippen LogP contribution in [-0.4, -0.2) is 49.6 Å². The summed E-state index contributed by atoms with van der Waals surface area (Å²) >= 11 is 0. The predicted molar refractivity (Wildman–Crippen MR) is 118 cm³/mol. The van der Waals surface area contributed by atoms with Gasteiger partial charge in [-0.15, -0.1) is 0 Å². The van der Waals surface area contributed by atoms with Gasteiger partial charge in [0.1, 0.15) is 12.2 Å². The van der Waals surface area contributed by atoms with Crippen LogP contribution in [0.4, 0.5) is 0 Å². The number of hydrogen-bond donors (Lipinski definition) is 0. The van der Waals surface area contributed by atoms with Crippen LogP contribution < -0.4 is 5.46 Å². The second-order valence-electron chi connectivity index (χ2n) is 9.88. The molecule has 1 aromatic rings. The SMILES string of the molecule is COC(=O)Cc1cc(B2OC(C)(C)C(C)(C)O2)cc(COCC(=O)OC(C)(C)C)c1C. The molecule has 1 fully saturated rings. The highest BCUT2D eigenvalue weighted by atomic mass is 16.7. The lowest BCUT2D eigenvalue weighted by Gasteiger charge is -2.32. The van der Waals surface area contributed by atoms with E-state index in [1.165, 1.54) is 7.11 Å². The van der Waals surface area contributed by atoms with Crippen molar-refractivity contribution in [1.82, 2.24) is 0 Å². The molecule has 1 saturated heterocycles. The molecule has 1 heterocycles. The molecule has 1 aliphatic rings. The maximum Gasteiger partial charge on any atom is 0.494 e. The Morgan fingerprint density at radius 2 is 1.55 bits per heavy atom. The van der Waals surface area contributed by atoms with Gasteiger partial charge in [-0.05, 0) is 77.5 Å². The second-order valence-corrected chi connectivity index (χ2v) is 9.88. The molecule has 7 nitrogen and oxygen atoms in total. The maximum absolute atomic E-state index is 12.0. The molecule has 0 amide bonds. The molecule has 0 atom stereocenters. The van der Waals surface area contributed by atoms with Crippen LogP contribution in [0.25, 0.3) is 0 Å². The molecule has 2 rings (SSSR count). The summed E-state index contributed by atoms with van der Waals surface area (Å²) in [5.74, 6) is -0.767. The molecular formula is C23H35BO7. The van der Waals surface area contributed by atoms with Crippen LogP contribution in [0.5, 0.6) is 0 Å². The smallest absolute Gasteiger partial charge is 0.469 e. The van der Waals surface area contributed by atoms with Crippen LogP contribution >= 0.6 is 0 Å². The van der Waals surface area contributed by atoms with Gasteiger partial charge in [0.15, 0.2) is 0 Å². The quantitative estimate of drug-likeness (QED) is 0.482. The van der Waals surface area contributed by atoms with E-state index in [0.717, 1.165) is 22.2 Å². The Hall–Kier alpha value is -1.90. The fraction of sp³-hybridized carbons (Fsp3) is 0.652. The third kappa shape index (κ3) is 6.54. The normalized spacial score (nSPS) is 17.5. The molecule has 31 heavy (non-hydrogen) atoms. The van der Waals surface area contributed by atoms with Gasteiger partial charge in [0.2, 0.25) is 0 Å². The molecule has 172 valence electrons. The predicted octanol–water partition coefficient (Wildman–Crippen LogP) is 2.87. The number of ether oxygens (including phenoxy) is 3. The van der Waals surface area contributed by atoms with Gasteiger partial charge in [-0.25, -0.2) is 4.79 Å². The summed E-state index contributed by atoms with van der Waals surface area (Å²) in [6.45, 7) is 15.3. The second kappa shape index (κ2) is 9.31. The Balaban J connectivity index is 2.26. The first-order valence-corrected chi connectivity index (χ1v) is 10.5. The minimum atomic E-state index is -0.577. The highest BCUT2D eigenvalue weighted by Gasteiger charge is 2.51. The summed E-state index contributed by atoms with van der Waals surface area (Å²) in [5, 5.41) is 0. The van der Waals surface area contributed by atoms with Gasteiger partial charge < -0.3 is 23.5 Å². The van der Waals surface area contributed by atoms with Gasteiger partial charge in [-0.1, -0.05) is 12.1 Å². The standard InChI is InChI=1S/C23H35BO7/c1-15-16(12-19(25)27-9)10-18(24-30-22(5,6)23(7,8)31-24)11-17(15)13-28-14-20(26)29-21(2,3)4/h10-11H,12-14H2,1-9H3. The fourth-order valence-corrected chi connectivity index (χ4v) is 3.16. The molecule has 1 aromatic carbocycles. The van der Waals surface area contributed by atoms with E-state index in [1.54, 1.807) is 0 Å². The Bertz CT molecular complexity index is 808. The topological polar surface area (TPSA) is 80.3 Å². The molecule has 0 aliphatic carbocycles. The van der Waals surface area contributed by atoms with Crippen LogP contribution in [-0.2, 0) is 46.1 Å².